The van der Waals surface area contributed by atoms with Crippen LogP contribution in [0.25, 0.3) is 0 Å². The monoisotopic (exact) mass is 325 g/mol. The number of carbonyl (C=O) groups excluding carboxylic acids is 1. The first-order valence-corrected chi connectivity index (χ1v) is 7.10. The summed E-state index contributed by atoms with van der Waals surface area (Å²) in [7, 11) is 0. The number of nitrogens with zero attached hydrogens (tertiary/aromatic N) is 3. The molecule has 0 fully saturated rings. The molecular weight excluding hydrogens is 313 g/mol. The average Bonchev–Trinajstić information content (AvgIpc) is 3.03. The predicted molar refractivity (Wildman–Crippen MR) is 84.3 cm³/mol. The quantitative estimate of drug-likeness (QED) is 0.410. The lowest BCUT2D eigenvalue weighted by molar-refractivity contribution is -0.385. The predicted octanol–water partition coefficient (Wildman–Crippen LogP) is 3.21. The summed E-state index contributed by atoms with van der Waals surface area (Å²) in [6.45, 7) is 0.138. The van der Waals surface area contributed by atoms with Gasteiger partial charge in [-0.15, -0.1) is 0 Å². The van der Waals surface area contributed by atoms with E-state index < -0.39 is 10.7 Å². The fraction of sp³-hybridized carbons (Fsp3) is 0.0588. The minimum absolute atomic E-state index is 0.0219. The van der Waals surface area contributed by atoms with Gasteiger partial charge in [0.2, 0.25) is 5.78 Å². The first-order chi connectivity index (χ1) is 11.6. The van der Waals surface area contributed by atoms with Crippen LogP contribution >= 0.6 is 0 Å². The highest BCUT2D eigenvalue weighted by Gasteiger charge is 2.18. The van der Waals surface area contributed by atoms with E-state index in [1.165, 1.54) is 41.1 Å². The van der Waals surface area contributed by atoms with Crippen molar-refractivity contribution in [3.63, 3.8) is 0 Å². The van der Waals surface area contributed by atoms with E-state index in [1.807, 2.05) is 0 Å². The Morgan fingerprint density at radius 1 is 1.17 bits per heavy atom. The summed E-state index contributed by atoms with van der Waals surface area (Å²) < 4.78 is 14.5. The molecule has 0 aliphatic rings. The standard InChI is InChI=1S/C17H12FN3O3/c18-14-7-5-12(6-8-14)16(22)17-19-9-10-20(17)11-13-3-1-2-4-15(13)21(23)24/h1-10H,11H2. The lowest BCUT2D eigenvalue weighted by Crippen LogP contribution is -2.12. The lowest BCUT2D eigenvalue weighted by atomic mass is 10.1. The molecule has 0 spiro atoms. The van der Waals surface area contributed by atoms with Crippen LogP contribution in [0.3, 0.4) is 0 Å². The number of aromatic nitrogens is 2. The Kier molecular flexibility index (Phi) is 4.15. The molecule has 24 heavy (non-hydrogen) atoms. The molecule has 1 aromatic heterocycles. The maximum Gasteiger partial charge on any atom is 0.274 e. The summed E-state index contributed by atoms with van der Waals surface area (Å²) in [4.78, 5) is 27.2. The Morgan fingerprint density at radius 2 is 1.88 bits per heavy atom. The number of nitro groups is 1. The van der Waals surface area contributed by atoms with Crippen molar-refractivity contribution in [1.29, 1.82) is 0 Å². The van der Waals surface area contributed by atoms with Gasteiger partial charge < -0.3 is 4.57 Å². The van der Waals surface area contributed by atoms with Crippen LogP contribution in [0.2, 0.25) is 0 Å². The summed E-state index contributed by atoms with van der Waals surface area (Å²) in [5, 5.41) is 11.1. The molecule has 120 valence electrons. The zero-order chi connectivity index (χ0) is 17.1. The van der Waals surface area contributed by atoms with Gasteiger partial charge in [0.25, 0.3) is 5.69 Å². The van der Waals surface area contributed by atoms with Gasteiger partial charge in [0.15, 0.2) is 5.82 Å². The van der Waals surface area contributed by atoms with Crippen molar-refractivity contribution in [1.82, 2.24) is 9.55 Å². The van der Waals surface area contributed by atoms with Crippen LogP contribution < -0.4 is 0 Å². The number of carbonyl (C=O) groups is 1. The molecule has 0 aliphatic carbocycles. The number of hydrogen-bond donors (Lipinski definition) is 0. The number of benzene rings is 2. The van der Waals surface area contributed by atoms with Gasteiger partial charge in [-0.25, -0.2) is 9.37 Å². The highest BCUT2D eigenvalue weighted by molar-refractivity contribution is 6.06. The summed E-state index contributed by atoms with van der Waals surface area (Å²) in [5.41, 5.74) is 0.742. The van der Waals surface area contributed by atoms with E-state index in [1.54, 1.807) is 24.4 Å². The lowest BCUT2D eigenvalue weighted by Gasteiger charge is -2.08. The smallest absolute Gasteiger partial charge is 0.274 e. The molecule has 2 aromatic carbocycles. The van der Waals surface area contributed by atoms with Crippen molar-refractivity contribution >= 4 is 11.5 Å². The van der Waals surface area contributed by atoms with Crippen molar-refractivity contribution in [3.8, 4) is 0 Å². The first-order valence-electron chi connectivity index (χ1n) is 7.10. The Hall–Kier alpha value is -3.35. The van der Waals surface area contributed by atoms with Crippen LogP contribution in [-0.2, 0) is 6.54 Å². The van der Waals surface area contributed by atoms with Crippen LogP contribution in [0.15, 0.2) is 60.9 Å². The second-order valence-corrected chi connectivity index (χ2v) is 5.10. The van der Waals surface area contributed by atoms with E-state index in [0.29, 0.717) is 11.1 Å². The van der Waals surface area contributed by atoms with Crippen LogP contribution in [-0.4, -0.2) is 20.3 Å². The maximum atomic E-state index is 13.0. The van der Waals surface area contributed by atoms with Crippen molar-refractivity contribution in [2.45, 2.75) is 6.54 Å². The topological polar surface area (TPSA) is 78.0 Å². The van der Waals surface area contributed by atoms with E-state index in [9.17, 15) is 19.3 Å². The van der Waals surface area contributed by atoms with E-state index in [-0.39, 0.29) is 23.8 Å². The molecule has 0 unspecified atom stereocenters. The average molecular weight is 325 g/mol. The molecule has 3 aromatic rings. The van der Waals surface area contributed by atoms with E-state index in [2.05, 4.69) is 4.98 Å². The van der Waals surface area contributed by atoms with Gasteiger partial charge in [-0.3, -0.25) is 14.9 Å². The van der Waals surface area contributed by atoms with Crippen molar-refractivity contribution < 1.29 is 14.1 Å². The summed E-state index contributed by atoms with van der Waals surface area (Å²) in [5.74, 6) is -0.673. The van der Waals surface area contributed by atoms with E-state index in [0.717, 1.165) is 0 Å². The number of imidazole rings is 1. The molecular formula is C17H12FN3O3. The first kappa shape index (κ1) is 15.5. The van der Waals surface area contributed by atoms with E-state index in [4.69, 9.17) is 0 Å². The maximum absolute atomic E-state index is 13.0. The molecule has 0 aliphatic heterocycles. The zero-order valence-corrected chi connectivity index (χ0v) is 12.4. The molecule has 0 N–H and O–H groups in total. The van der Waals surface area contributed by atoms with Crippen LogP contribution in [0.1, 0.15) is 21.7 Å². The zero-order valence-electron chi connectivity index (χ0n) is 12.4. The van der Waals surface area contributed by atoms with Gasteiger partial charge in [0.05, 0.1) is 11.5 Å². The molecule has 0 saturated carbocycles. The summed E-state index contributed by atoms with van der Waals surface area (Å²) >= 11 is 0. The van der Waals surface area contributed by atoms with Gasteiger partial charge in [-0.05, 0) is 24.3 Å². The van der Waals surface area contributed by atoms with Crippen LogP contribution in [0.4, 0.5) is 10.1 Å². The summed E-state index contributed by atoms with van der Waals surface area (Å²) in [6.07, 6.45) is 3.03. The minimum Gasteiger partial charge on any atom is -0.324 e. The largest absolute Gasteiger partial charge is 0.324 e. The normalized spacial score (nSPS) is 10.5. The van der Waals surface area contributed by atoms with Crippen molar-refractivity contribution in [2.75, 3.05) is 0 Å². The fourth-order valence-corrected chi connectivity index (χ4v) is 2.38. The summed E-state index contributed by atoms with van der Waals surface area (Å²) in [6, 6.07) is 11.5. The van der Waals surface area contributed by atoms with Gasteiger partial charge in [-0.2, -0.15) is 0 Å². The third-order valence-electron chi connectivity index (χ3n) is 3.55. The Morgan fingerprint density at radius 3 is 2.58 bits per heavy atom. The highest BCUT2D eigenvalue weighted by atomic mass is 19.1. The van der Waals surface area contributed by atoms with Crippen LogP contribution in [0.5, 0.6) is 0 Å². The molecule has 0 amide bonds. The molecule has 0 saturated heterocycles. The van der Waals surface area contributed by atoms with Crippen LogP contribution in [0, 0.1) is 15.9 Å². The third-order valence-corrected chi connectivity index (χ3v) is 3.55. The van der Waals surface area contributed by atoms with Gasteiger partial charge >= 0.3 is 0 Å². The number of nitro benzene ring substituents is 1. The Labute approximate surface area is 136 Å². The number of hydrogen-bond acceptors (Lipinski definition) is 4. The van der Waals surface area contributed by atoms with Gasteiger partial charge in [0, 0.05) is 29.6 Å². The molecule has 7 heteroatoms. The molecule has 0 radical (unpaired) electrons. The Bertz CT molecular complexity index is 903. The van der Waals surface area contributed by atoms with Gasteiger partial charge in [-0.1, -0.05) is 18.2 Å². The highest BCUT2D eigenvalue weighted by Crippen LogP contribution is 2.20. The molecule has 6 nitrogen and oxygen atoms in total. The van der Waals surface area contributed by atoms with Crippen molar-refractivity contribution in [3.05, 3.63) is 93.8 Å². The number of halogens is 1. The minimum atomic E-state index is -0.465. The number of rotatable bonds is 5. The van der Waals surface area contributed by atoms with Gasteiger partial charge in [0.1, 0.15) is 5.82 Å². The molecule has 0 bridgehead atoms. The Balaban J connectivity index is 1.93. The fourth-order valence-electron chi connectivity index (χ4n) is 2.38. The second kappa shape index (κ2) is 6.41. The molecule has 3 rings (SSSR count). The molecule has 1 heterocycles. The third kappa shape index (κ3) is 3.05. The van der Waals surface area contributed by atoms with Crippen molar-refractivity contribution in [2.24, 2.45) is 0 Å². The number of para-hydroxylation sites is 1. The van der Waals surface area contributed by atoms with E-state index >= 15 is 0 Å². The second-order valence-electron chi connectivity index (χ2n) is 5.10. The molecule has 0 atom stereocenters. The SMILES string of the molecule is O=C(c1ccc(F)cc1)c1nccn1Cc1ccccc1[N+](=O)[O-]. The number of ketones is 1.